The van der Waals surface area contributed by atoms with E-state index in [0.717, 1.165) is 18.4 Å². The third-order valence-electron chi connectivity index (χ3n) is 3.64. The second-order valence-corrected chi connectivity index (χ2v) is 6.05. The van der Waals surface area contributed by atoms with Crippen LogP contribution in [0, 0.1) is 19.7 Å². The summed E-state index contributed by atoms with van der Waals surface area (Å²) in [6.07, 6.45) is 1.70. The Kier molecular flexibility index (Phi) is 5.38. The van der Waals surface area contributed by atoms with Crippen LogP contribution in [0.4, 0.5) is 4.39 Å². The Bertz CT molecular complexity index is 604. The highest BCUT2D eigenvalue weighted by molar-refractivity contribution is 6.30. The first kappa shape index (κ1) is 16.0. The molecule has 1 unspecified atom stereocenters. The topological polar surface area (TPSA) is 12.0 Å². The first-order chi connectivity index (χ1) is 9.97. The summed E-state index contributed by atoms with van der Waals surface area (Å²) in [5.41, 5.74) is 4.82. The van der Waals surface area contributed by atoms with Crippen molar-refractivity contribution in [3.8, 4) is 0 Å². The van der Waals surface area contributed by atoms with Crippen LogP contribution in [0.5, 0.6) is 0 Å². The van der Waals surface area contributed by atoms with Crippen LogP contribution in [0.15, 0.2) is 36.4 Å². The Morgan fingerprint density at radius 3 is 2.19 bits per heavy atom. The van der Waals surface area contributed by atoms with E-state index in [1.54, 1.807) is 6.07 Å². The number of benzene rings is 2. The van der Waals surface area contributed by atoms with E-state index in [-0.39, 0.29) is 16.9 Å². The molecule has 0 heterocycles. The lowest BCUT2D eigenvalue weighted by atomic mass is 9.97. The maximum absolute atomic E-state index is 13.5. The Labute approximate surface area is 131 Å². The van der Waals surface area contributed by atoms with Gasteiger partial charge in [-0.3, -0.25) is 0 Å². The molecule has 2 rings (SSSR count). The zero-order valence-electron chi connectivity index (χ0n) is 12.7. The van der Waals surface area contributed by atoms with Crippen LogP contribution in [-0.2, 0) is 12.8 Å². The molecule has 2 aromatic rings. The van der Waals surface area contributed by atoms with Crippen molar-refractivity contribution in [3.05, 3.63) is 69.5 Å². The molecular weight excluding hydrogens is 285 g/mol. The van der Waals surface area contributed by atoms with Gasteiger partial charge in [-0.2, -0.15) is 0 Å². The highest BCUT2D eigenvalue weighted by atomic mass is 35.5. The van der Waals surface area contributed by atoms with Gasteiger partial charge < -0.3 is 5.32 Å². The van der Waals surface area contributed by atoms with Crippen molar-refractivity contribution in [3.63, 3.8) is 0 Å². The highest BCUT2D eigenvalue weighted by Gasteiger charge is 2.10. The van der Waals surface area contributed by atoms with Gasteiger partial charge in [0.1, 0.15) is 5.82 Å². The van der Waals surface area contributed by atoms with Crippen LogP contribution in [0.3, 0.4) is 0 Å². The molecule has 0 fully saturated rings. The minimum absolute atomic E-state index is 0.175. The monoisotopic (exact) mass is 305 g/mol. The fourth-order valence-corrected chi connectivity index (χ4v) is 2.82. The molecule has 0 aliphatic heterocycles. The maximum atomic E-state index is 13.5. The molecule has 0 bridgehead atoms. The van der Waals surface area contributed by atoms with Gasteiger partial charge in [-0.15, -0.1) is 0 Å². The minimum atomic E-state index is -0.351. The first-order valence-corrected chi connectivity index (χ1v) is 7.54. The van der Waals surface area contributed by atoms with Crippen LogP contribution in [-0.4, -0.2) is 13.1 Å². The molecule has 0 radical (unpaired) electrons. The van der Waals surface area contributed by atoms with Gasteiger partial charge in [-0.25, -0.2) is 4.39 Å². The van der Waals surface area contributed by atoms with Crippen molar-refractivity contribution in [1.82, 2.24) is 5.32 Å². The van der Waals surface area contributed by atoms with E-state index in [2.05, 4.69) is 37.4 Å². The van der Waals surface area contributed by atoms with E-state index in [9.17, 15) is 4.39 Å². The smallest absolute Gasteiger partial charge is 0.142 e. The first-order valence-electron chi connectivity index (χ1n) is 7.16. The van der Waals surface area contributed by atoms with Crippen LogP contribution in [0.2, 0.25) is 5.02 Å². The molecule has 3 heteroatoms. The highest BCUT2D eigenvalue weighted by Crippen LogP contribution is 2.18. The van der Waals surface area contributed by atoms with Gasteiger partial charge in [0, 0.05) is 6.04 Å². The number of nitrogens with one attached hydrogen (secondary N) is 1. The Morgan fingerprint density at radius 2 is 1.62 bits per heavy atom. The SMILES string of the molecule is CNC(Cc1cc(C)cc(C)c1)Cc1ccc(Cl)c(F)c1. The lowest BCUT2D eigenvalue weighted by Crippen LogP contribution is -2.30. The third-order valence-corrected chi connectivity index (χ3v) is 3.94. The largest absolute Gasteiger partial charge is 0.316 e. The number of hydrogen-bond donors (Lipinski definition) is 1. The van der Waals surface area contributed by atoms with E-state index >= 15 is 0 Å². The second-order valence-electron chi connectivity index (χ2n) is 5.64. The predicted octanol–water partition coefficient (Wildman–Crippen LogP) is 4.47. The predicted molar refractivity (Wildman–Crippen MR) is 87.6 cm³/mol. The summed E-state index contributed by atoms with van der Waals surface area (Å²) in [6.45, 7) is 4.22. The van der Waals surface area contributed by atoms with E-state index < -0.39 is 0 Å². The molecule has 1 nitrogen and oxygen atoms in total. The molecule has 0 aliphatic carbocycles. The van der Waals surface area contributed by atoms with Gasteiger partial charge >= 0.3 is 0 Å². The zero-order chi connectivity index (χ0) is 15.4. The van der Waals surface area contributed by atoms with Gasteiger partial charge in [-0.1, -0.05) is 47.0 Å². The Balaban J connectivity index is 2.10. The van der Waals surface area contributed by atoms with Crippen LogP contribution in [0.25, 0.3) is 0 Å². The van der Waals surface area contributed by atoms with Gasteiger partial charge in [0.15, 0.2) is 0 Å². The van der Waals surface area contributed by atoms with Crippen molar-refractivity contribution in [1.29, 1.82) is 0 Å². The lowest BCUT2D eigenvalue weighted by molar-refractivity contribution is 0.552. The molecule has 2 aromatic carbocycles. The summed E-state index contributed by atoms with van der Waals surface area (Å²) >= 11 is 5.73. The number of aryl methyl sites for hydroxylation is 2. The van der Waals surface area contributed by atoms with E-state index in [1.807, 2.05) is 13.1 Å². The van der Waals surface area contributed by atoms with Crippen molar-refractivity contribution < 1.29 is 4.39 Å². The molecular formula is C18H21ClFN. The maximum Gasteiger partial charge on any atom is 0.142 e. The summed E-state index contributed by atoms with van der Waals surface area (Å²) in [4.78, 5) is 0. The molecule has 0 aromatic heterocycles. The van der Waals surface area contributed by atoms with E-state index in [0.29, 0.717) is 0 Å². The van der Waals surface area contributed by atoms with E-state index in [4.69, 9.17) is 11.6 Å². The van der Waals surface area contributed by atoms with Gasteiger partial charge in [-0.05, 0) is 57.0 Å². The molecule has 0 aliphatic rings. The molecule has 21 heavy (non-hydrogen) atoms. The molecule has 0 amide bonds. The Hall–Kier alpha value is -1.38. The minimum Gasteiger partial charge on any atom is -0.316 e. The number of halogens is 2. The molecule has 1 atom stereocenters. The van der Waals surface area contributed by atoms with Gasteiger partial charge in [0.25, 0.3) is 0 Å². The molecule has 112 valence electrons. The summed E-state index contributed by atoms with van der Waals surface area (Å²) < 4.78 is 13.5. The van der Waals surface area contributed by atoms with Crippen molar-refractivity contribution in [2.24, 2.45) is 0 Å². The summed E-state index contributed by atoms with van der Waals surface area (Å²) in [7, 11) is 1.94. The average molecular weight is 306 g/mol. The normalized spacial score (nSPS) is 12.4. The van der Waals surface area contributed by atoms with Crippen molar-refractivity contribution in [2.45, 2.75) is 32.7 Å². The Morgan fingerprint density at radius 1 is 1.00 bits per heavy atom. The van der Waals surface area contributed by atoms with E-state index in [1.165, 1.54) is 22.8 Å². The molecule has 0 spiro atoms. The van der Waals surface area contributed by atoms with Gasteiger partial charge in [0.05, 0.1) is 5.02 Å². The summed E-state index contributed by atoms with van der Waals surface area (Å²) in [5.74, 6) is -0.351. The lowest BCUT2D eigenvalue weighted by Gasteiger charge is -2.17. The number of rotatable bonds is 5. The molecule has 1 N–H and O–H groups in total. The van der Waals surface area contributed by atoms with Crippen LogP contribution >= 0.6 is 11.6 Å². The molecule has 0 saturated carbocycles. The van der Waals surface area contributed by atoms with Gasteiger partial charge in [0.2, 0.25) is 0 Å². The number of hydrogen-bond acceptors (Lipinski definition) is 1. The van der Waals surface area contributed by atoms with Crippen LogP contribution in [0.1, 0.15) is 22.3 Å². The van der Waals surface area contributed by atoms with Crippen molar-refractivity contribution >= 4 is 11.6 Å². The average Bonchev–Trinajstić information content (AvgIpc) is 2.41. The third kappa shape index (κ3) is 4.55. The quantitative estimate of drug-likeness (QED) is 0.859. The van der Waals surface area contributed by atoms with Crippen LogP contribution < -0.4 is 5.32 Å². The number of likely N-dealkylation sites (N-methyl/N-ethyl adjacent to an activating group) is 1. The fraction of sp³-hybridized carbons (Fsp3) is 0.333. The standard InChI is InChI=1S/C18H21ClFN/c1-12-6-13(2)8-15(7-12)10-16(21-3)9-14-4-5-17(19)18(20)11-14/h4-8,11,16,21H,9-10H2,1-3H3. The molecule has 0 saturated heterocycles. The summed E-state index contributed by atoms with van der Waals surface area (Å²) in [6, 6.07) is 11.9. The van der Waals surface area contributed by atoms with Crippen molar-refractivity contribution in [2.75, 3.05) is 7.05 Å². The second kappa shape index (κ2) is 7.06. The summed E-state index contributed by atoms with van der Waals surface area (Å²) in [5, 5.41) is 3.49. The fourth-order valence-electron chi connectivity index (χ4n) is 2.70. The zero-order valence-corrected chi connectivity index (χ0v) is 13.5.